The molecule has 1 aromatic heterocycles. The van der Waals surface area contributed by atoms with E-state index in [1.807, 2.05) is 0 Å². The predicted molar refractivity (Wildman–Crippen MR) is 68.0 cm³/mol. The first kappa shape index (κ1) is 12.7. The summed E-state index contributed by atoms with van der Waals surface area (Å²) in [5, 5.41) is 13.0. The molecule has 1 saturated carbocycles. The number of aromatic nitrogens is 2. The lowest BCUT2D eigenvalue weighted by molar-refractivity contribution is 0.149. The maximum absolute atomic E-state index is 11.8. The maximum atomic E-state index is 11.8. The van der Waals surface area contributed by atoms with Gasteiger partial charge >= 0.3 is 0 Å². The molecule has 2 N–H and O–H groups in total. The van der Waals surface area contributed by atoms with Crippen LogP contribution >= 0.6 is 15.9 Å². The normalized spacial score (nSPS) is 17.1. The van der Waals surface area contributed by atoms with Gasteiger partial charge in [0, 0.05) is 12.6 Å². The zero-order chi connectivity index (χ0) is 12.4. The molecule has 0 radical (unpaired) electrons. The molecule has 1 atom stereocenters. The van der Waals surface area contributed by atoms with E-state index < -0.39 is 6.10 Å². The van der Waals surface area contributed by atoms with Crippen molar-refractivity contribution in [2.24, 2.45) is 0 Å². The molecule has 0 aliphatic heterocycles. The molecule has 1 fully saturated rings. The van der Waals surface area contributed by atoms with Crippen LogP contribution in [0.3, 0.4) is 0 Å². The number of aliphatic hydroxyl groups is 1. The highest BCUT2D eigenvalue weighted by Crippen LogP contribution is 2.18. The van der Waals surface area contributed by atoms with Crippen LogP contribution in [0.15, 0.2) is 15.6 Å². The molecule has 2 rings (SSSR count). The molecular weight excluding hydrogens is 286 g/mol. The molecule has 94 valence electrons. The van der Waals surface area contributed by atoms with Gasteiger partial charge in [0.05, 0.1) is 24.7 Å². The van der Waals surface area contributed by atoms with Gasteiger partial charge in [0.2, 0.25) is 0 Å². The number of halogens is 1. The van der Waals surface area contributed by atoms with E-state index >= 15 is 0 Å². The largest absolute Gasteiger partial charge is 0.390 e. The third-order valence-electron chi connectivity index (χ3n) is 2.78. The number of nitrogens with one attached hydrogen (secondary N) is 1. The van der Waals surface area contributed by atoms with Crippen LogP contribution in [0.1, 0.15) is 18.5 Å². The number of hydrogen-bond donors (Lipinski definition) is 2. The Kier molecular flexibility index (Phi) is 3.96. The molecule has 0 saturated heterocycles. The van der Waals surface area contributed by atoms with Gasteiger partial charge in [-0.3, -0.25) is 9.36 Å². The second-order valence-corrected chi connectivity index (χ2v) is 5.23. The molecule has 17 heavy (non-hydrogen) atoms. The number of aryl methyl sites for hydroxylation is 1. The minimum atomic E-state index is -0.565. The highest BCUT2D eigenvalue weighted by Gasteiger charge is 2.21. The predicted octanol–water partition coefficient (Wildman–Crippen LogP) is 0.427. The van der Waals surface area contributed by atoms with Gasteiger partial charge in [0.1, 0.15) is 4.47 Å². The van der Waals surface area contributed by atoms with E-state index in [0.717, 1.165) is 0 Å². The molecule has 1 aliphatic rings. The summed E-state index contributed by atoms with van der Waals surface area (Å²) in [5.74, 6) is 0. The van der Waals surface area contributed by atoms with E-state index in [9.17, 15) is 9.90 Å². The number of nitrogens with zero attached hydrogens (tertiary/aromatic N) is 2. The van der Waals surface area contributed by atoms with Crippen molar-refractivity contribution in [1.82, 2.24) is 14.9 Å². The van der Waals surface area contributed by atoms with E-state index in [1.165, 1.54) is 23.7 Å². The lowest BCUT2D eigenvalue weighted by atomic mass is 10.3. The van der Waals surface area contributed by atoms with Crippen molar-refractivity contribution in [3.63, 3.8) is 0 Å². The van der Waals surface area contributed by atoms with E-state index in [0.29, 0.717) is 22.8 Å². The van der Waals surface area contributed by atoms with Crippen LogP contribution in [0.25, 0.3) is 0 Å². The highest BCUT2D eigenvalue weighted by molar-refractivity contribution is 9.10. The van der Waals surface area contributed by atoms with E-state index in [-0.39, 0.29) is 12.1 Å². The summed E-state index contributed by atoms with van der Waals surface area (Å²) in [5.41, 5.74) is 0.514. The summed E-state index contributed by atoms with van der Waals surface area (Å²) in [4.78, 5) is 15.9. The summed E-state index contributed by atoms with van der Waals surface area (Å²) in [6.45, 7) is 2.55. The molecule has 1 heterocycles. The Hall–Kier alpha value is -0.720. The van der Waals surface area contributed by atoms with Crippen molar-refractivity contribution < 1.29 is 5.11 Å². The molecule has 0 bridgehead atoms. The van der Waals surface area contributed by atoms with E-state index in [2.05, 4.69) is 26.2 Å². The SMILES string of the molecule is Cc1ncn(CC(O)CNC2CC2)c(=O)c1Br. The Bertz CT molecular complexity index is 457. The average molecular weight is 302 g/mol. The fourth-order valence-corrected chi connectivity index (χ4v) is 1.89. The number of aliphatic hydroxyl groups excluding tert-OH is 1. The van der Waals surface area contributed by atoms with Gasteiger partial charge in [-0.15, -0.1) is 0 Å². The Morgan fingerprint density at radius 3 is 3.06 bits per heavy atom. The molecule has 0 aromatic carbocycles. The lowest BCUT2D eigenvalue weighted by Crippen LogP contribution is -2.35. The first-order valence-corrected chi connectivity index (χ1v) is 6.50. The molecule has 1 aliphatic carbocycles. The monoisotopic (exact) mass is 301 g/mol. The van der Waals surface area contributed by atoms with Gasteiger partial charge in [0.15, 0.2) is 0 Å². The molecule has 0 amide bonds. The van der Waals surface area contributed by atoms with Crippen LogP contribution in [-0.2, 0) is 6.54 Å². The van der Waals surface area contributed by atoms with Crippen LogP contribution in [0.5, 0.6) is 0 Å². The zero-order valence-corrected chi connectivity index (χ0v) is 11.3. The Balaban J connectivity index is 1.97. The summed E-state index contributed by atoms with van der Waals surface area (Å²) in [6, 6.07) is 0.559. The van der Waals surface area contributed by atoms with E-state index in [1.54, 1.807) is 6.92 Å². The van der Waals surface area contributed by atoms with Crippen LogP contribution in [-0.4, -0.2) is 33.3 Å². The smallest absolute Gasteiger partial charge is 0.267 e. The van der Waals surface area contributed by atoms with Gasteiger partial charge in [-0.05, 0) is 35.7 Å². The van der Waals surface area contributed by atoms with Gasteiger partial charge in [-0.25, -0.2) is 4.98 Å². The first-order chi connectivity index (χ1) is 8.08. The fourth-order valence-electron chi connectivity index (χ4n) is 1.56. The Labute approximate surface area is 108 Å². The molecule has 5 nitrogen and oxygen atoms in total. The average Bonchev–Trinajstić information content (AvgIpc) is 3.11. The van der Waals surface area contributed by atoms with Gasteiger partial charge in [0.25, 0.3) is 5.56 Å². The van der Waals surface area contributed by atoms with Crippen molar-refractivity contribution >= 4 is 15.9 Å². The van der Waals surface area contributed by atoms with Crippen LogP contribution in [0.2, 0.25) is 0 Å². The summed E-state index contributed by atoms with van der Waals surface area (Å²) < 4.78 is 1.89. The second kappa shape index (κ2) is 5.29. The van der Waals surface area contributed by atoms with E-state index in [4.69, 9.17) is 0 Å². The molecule has 1 unspecified atom stereocenters. The van der Waals surface area contributed by atoms with Crippen molar-refractivity contribution in [2.75, 3.05) is 6.54 Å². The topological polar surface area (TPSA) is 67.2 Å². The van der Waals surface area contributed by atoms with Gasteiger partial charge < -0.3 is 10.4 Å². The molecule has 6 heteroatoms. The minimum absolute atomic E-state index is 0.150. The molecular formula is C11H16BrN3O2. The standard InChI is InChI=1S/C11H16BrN3O2/c1-7-10(12)11(17)15(6-14-7)5-9(16)4-13-8-2-3-8/h6,8-9,13,16H,2-5H2,1H3. The lowest BCUT2D eigenvalue weighted by Gasteiger charge is -2.13. The number of hydrogen-bond acceptors (Lipinski definition) is 4. The fraction of sp³-hybridized carbons (Fsp3) is 0.636. The first-order valence-electron chi connectivity index (χ1n) is 5.71. The van der Waals surface area contributed by atoms with Crippen LogP contribution in [0, 0.1) is 6.92 Å². The second-order valence-electron chi connectivity index (χ2n) is 4.44. The summed E-state index contributed by atoms with van der Waals surface area (Å²) >= 11 is 3.20. The summed E-state index contributed by atoms with van der Waals surface area (Å²) in [7, 11) is 0. The minimum Gasteiger partial charge on any atom is -0.390 e. The third kappa shape index (κ3) is 3.37. The number of rotatable bonds is 5. The van der Waals surface area contributed by atoms with Crippen molar-refractivity contribution in [3.8, 4) is 0 Å². The maximum Gasteiger partial charge on any atom is 0.267 e. The molecule has 0 spiro atoms. The summed E-state index contributed by atoms with van der Waals surface area (Å²) in [6.07, 6.45) is 3.28. The van der Waals surface area contributed by atoms with Crippen LogP contribution < -0.4 is 10.9 Å². The highest BCUT2D eigenvalue weighted by atomic mass is 79.9. The third-order valence-corrected chi connectivity index (χ3v) is 3.70. The van der Waals surface area contributed by atoms with Crippen molar-refractivity contribution in [1.29, 1.82) is 0 Å². The Morgan fingerprint density at radius 1 is 1.71 bits per heavy atom. The van der Waals surface area contributed by atoms with Gasteiger partial charge in [-0.2, -0.15) is 0 Å². The van der Waals surface area contributed by atoms with Crippen LogP contribution in [0.4, 0.5) is 0 Å². The molecule has 1 aromatic rings. The zero-order valence-electron chi connectivity index (χ0n) is 9.69. The van der Waals surface area contributed by atoms with Crippen molar-refractivity contribution in [3.05, 3.63) is 26.8 Å². The quantitative estimate of drug-likeness (QED) is 0.827. The van der Waals surface area contributed by atoms with Crippen molar-refractivity contribution in [2.45, 2.75) is 38.5 Å². The van der Waals surface area contributed by atoms with Gasteiger partial charge in [-0.1, -0.05) is 0 Å². The Morgan fingerprint density at radius 2 is 2.41 bits per heavy atom.